The highest BCUT2D eigenvalue weighted by Gasteiger charge is 2.13. The van der Waals surface area contributed by atoms with Gasteiger partial charge in [0.1, 0.15) is 17.3 Å². The number of hydrogen-bond acceptors (Lipinski definition) is 1. The van der Waals surface area contributed by atoms with E-state index in [1.165, 1.54) is 6.07 Å². The number of imidazole rings is 1. The first-order valence-electron chi connectivity index (χ1n) is 5.96. The third kappa shape index (κ3) is 1.89. The third-order valence-corrected chi connectivity index (χ3v) is 3.14. The summed E-state index contributed by atoms with van der Waals surface area (Å²) >= 11 is 0. The van der Waals surface area contributed by atoms with E-state index in [1.807, 2.05) is 30.4 Å². The Labute approximate surface area is 109 Å². The fourth-order valence-electron chi connectivity index (χ4n) is 2.36. The fourth-order valence-corrected chi connectivity index (χ4v) is 2.36. The number of benzene rings is 1. The highest BCUT2D eigenvalue weighted by atomic mass is 19.1. The van der Waals surface area contributed by atoms with Gasteiger partial charge in [-0.15, -0.1) is 0 Å². The molecule has 0 fully saturated rings. The molecule has 0 N–H and O–H groups in total. The van der Waals surface area contributed by atoms with E-state index in [0.717, 1.165) is 29.0 Å². The zero-order valence-electron chi connectivity index (χ0n) is 10.6. The first-order valence-corrected chi connectivity index (χ1v) is 5.96. The van der Waals surface area contributed by atoms with Crippen LogP contribution in [0.1, 0.15) is 11.3 Å². The summed E-state index contributed by atoms with van der Waals surface area (Å²) in [7, 11) is 0. The van der Waals surface area contributed by atoms with E-state index in [-0.39, 0.29) is 5.56 Å². The average Bonchev–Trinajstić information content (AvgIpc) is 2.76. The van der Waals surface area contributed by atoms with Crippen molar-refractivity contribution >= 4 is 5.65 Å². The van der Waals surface area contributed by atoms with E-state index in [2.05, 4.69) is 4.98 Å². The van der Waals surface area contributed by atoms with Crippen LogP contribution in [0.25, 0.3) is 16.9 Å². The summed E-state index contributed by atoms with van der Waals surface area (Å²) in [6.45, 7) is 3.90. The number of halogens is 2. The summed E-state index contributed by atoms with van der Waals surface area (Å²) < 4.78 is 29.0. The lowest BCUT2D eigenvalue weighted by molar-refractivity contribution is 0.602. The largest absolute Gasteiger partial charge is 0.297 e. The maximum absolute atomic E-state index is 13.9. The van der Waals surface area contributed by atoms with Crippen LogP contribution in [-0.4, -0.2) is 9.38 Å². The highest BCUT2D eigenvalue weighted by Crippen LogP contribution is 2.26. The van der Waals surface area contributed by atoms with Gasteiger partial charge in [0, 0.05) is 11.3 Å². The molecule has 96 valence electrons. The lowest BCUT2D eigenvalue weighted by Crippen LogP contribution is -1.96. The zero-order valence-corrected chi connectivity index (χ0v) is 10.6. The van der Waals surface area contributed by atoms with Crippen molar-refractivity contribution in [2.75, 3.05) is 0 Å². The lowest BCUT2D eigenvalue weighted by Gasteiger charge is -2.07. The standard InChI is InChI=1S/C15H12F2N2/c1-9-5-10(2)19-14(8-18-15(19)6-9)12-7-11(16)3-4-13(12)17/h3-8H,1-2H3. The molecule has 0 spiro atoms. The molecule has 0 saturated carbocycles. The van der Waals surface area contributed by atoms with E-state index in [9.17, 15) is 8.78 Å². The Morgan fingerprint density at radius 3 is 2.63 bits per heavy atom. The molecule has 2 nitrogen and oxygen atoms in total. The predicted octanol–water partition coefficient (Wildman–Crippen LogP) is 3.90. The first kappa shape index (κ1) is 11.8. The van der Waals surface area contributed by atoms with E-state index in [0.29, 0.717) is 5.69 Å². The Hall–Kier alpha value is -2.23. The number of aryl methyl sites for hydroxylation is 2. The van der Waals surface area contributed by atoms with Gasteiger partial charge < -0.3 is 0 Å². The van der Waals surface area contributed by atoms with Gasteiger partial charge >= 0.3 is 0 Å². The van der Waals surface area contributed by atoms with E-state index < -0.39 is 11.6 Å². The van der Waals surface area contributed by atoms with Crippen LogP contribution in [0.4, 0.5) is 8.78 Å². The quantitative estimate of drug-likeness (QED) is 0.647. The fraction of sp³-hybridized carbons (Fsp3) is 0.133. The van der Waals surface area contributed by atoms with Gasteiger partial charge in [-0.1, -0.05) is 0 Å². The summed E-state index contributed by atoms with van der Waals surface area (Å²) in [6.07, 6.45) is 1.57. The van der Waals surface area contributed by atoms with Gasteiger partial charge in [-0.25, -0.2) is 13.8 Å². The molecule has 0 saturated heterocycles. The molecule has 1 aromatic carbocycles. The van der Waals surface area contributed by atoms with Gasteiger partial charge in [-0.3, -0.25) is 4.40 Å². The van der Waals surface area contributed by atoms with E-state index in [4.69, 9.17) is 0 Å². The SMILES string of the molecule is Cc1cc(C)n2c(-c3cc(F)ccc3F)cnc2c1. The van der Waals surface area contributed by atoms with Crippen LogP contribution < -0.4 is 0 Å². The first-order chi connectivity index (χ1) is 9.06. The van der Waals surface area contributed by atoms with Crippen molar-refractivity contribution in [3.8, 4) is 11.3 Å². The summed E-state index contributed by atoms with van der Waals surface area (Å²) in [5.74, 6) is -0.917. The minimum Gasteiger partial charge on any atom is -0.297 e. The average molecular weight is 258 g/mol. The number of pyridine rings is 1. The van der Waals surface area contributed by atoms with E-state index >= 15 is 0 Å². The molecule has 4 heteroatoms. The summed E-state index contributed by atoms with van der Waals surface area (Å²) in [5, 5.41) is 0. The maximum Gasteiger partial charge on any atom is 0.137 e. The second-order valence-corrected chi connectivity index (χ2v) is 4.64. The maximum atomic E-state index is 13.9. The van der Waals surface area contributed by atoms with Crippen LogP contribution >= 0.6 is 0 Å². The Morgan fingerprint density at radius 1 is 1.05 bits per heavy atom. The second kappa shape index (κ2) is 4.16. The molecule has 3 rings (SSSR count). The van der Waals surface area contributed by atoms with Gasteiger partial charge in [0.05, 0.1) is 11.9 Å². The molecule has 19 heavy (non-hydrogen) atoms. The third-order valence-electron chi connectivity index (χ3n) is 3.14. The summed E-state index contributed by atoms with van der Waals surface area (Å²) in [6, 6.07) is 7.33. The topological polar surface area (TPSA) is 17.3 Å². The van der Waals surface area contributed by atoms with Crippen LogP contribution in [0.2, 0.25) is 0 Å². The Bertz CT molecular complexity index is 775. The molecule has 2 aromatic heterocycles. The van der Waals surface area contributed by atoms with Crippen molar-refractivity contribution in [3.63, 3.8) is 0 Å². The van der Waals surface area contributed by atoms with Gasteiger partial charge in [0.2, 0.25) is 0 Å². The van der Waals surface area contributed by atoms with Crippen LogP contribution in [0.3, 0.4) is 0 Å². The van der Waals surface area contributed by atoms with Gasteiger partial charge in [0.25, 0.3) is 0 Å². The molecule has 2 heterocycles. The number of aromatic nitrogens is 2. The van der Waals surface area contributed by atoms with Crippen molar-refractivity contribution in [2.24, 2.45) is 0 Å². The summed E-state index contributed by atoms with van der Waals surface area (Å²) in [4.78, 5) is 4.26. The smallest absolute Gasteiger partial charge is 0.137 e. The highest BCUT2D eigenvalue weighted by molar-refractivity contribution is 5.65. The Kier molecular flexibility index (Phi) is 2.59. The van der Waals surface area contributed by atoms with Crippen molar-refractivity contribution in [1.82, 2.24) is 9.38 Å². The van der Waals surface area contributed by atoms with Crippen molar-refractivity contribution in [2.45, 2.75) is 13.8 Å². The minimum atomic E-state index is -0.462. The van der Waals surface area contributed by atoms with Crippen molar-refractivity contribution < 1.29 is 8.78 Å². The number of hydrogen-bond donors (Lipinski definition) is 0. The monoisotopic (exact) mass is 258 g/mol. The number of rotatable bonds is 1. The minimum absolute atomic E-state index is 0.222. The second-order valence-electron chi connectivity index (χ2n) is 4.64. The van der Waals surface area contributed by atoms with Gasteiger partial charge in [-0.2, -0.15) is 0 Å². The normalized spacial score (nSPS) is 11.2. The van der Waals surface area contributed by atoms with Crippen molar-refractivity contribution in [1.29, 1.82) is 0 Å². The molecule has 0 unspecified atom stereocenters. The van der Waals surface area contributed by atoms with Gasteiger partial charge in [0.15, 0.2) is 0 Å². The van der Waals surface area contributed by atoms with Crippen LogP contribution in [0.5, 0.6) is 0 Å². The molecular weight excluding hydrogens is 246 g/mol. The number of nitrogens with zero attached hydrogens (tertiary/aromatic N) is 2. The molecule has 0 aliphatic heterocycles. The Morgan fingerprint density at radius 2 is 1.84 bits per heavy atom. The molecule has 0 aliphatic carbocycles. The molecule has 0 aliphatic rings. The molecule has 0 amide bonds. The molecule has 0 atom stereocenters. The lowest BCUT2D eigenvalue weighted by atomic mass is 10.1. The van der Waals surface area contributed by atoms with Crippen LogP contribution in [-0.2, 0) is 0 Å². The molecule has 0 radical (unpaired) electrons. The molecular formula is C15H12F2N2. The van der Waals surface area contributed by atoms with E-state index in [1.54, 1.807) is 6.20 Å². The van der Waals surface area contributed by atoms with Crippen molar-refractivity contribution in [3.05, 3.63) is 59.4 Å². The predicted molar refractivity (Wildman–Crippen MR) is 70.0 cm³/mol. The molecule has 3 aromatic rings. The number of fused-ring (bicyclic) bond motifs is 1. The Balaban J connectivity index is 2.34. The zero-order chi connectivity index (χ0) is 13.6. The summed E-state index contributed by atoms with van der Waals surface area (Å²) in [5.41, 5.74) is 3.54. The van der Waals surface area contributed by atoms with Crippen LogP contribution in [0, 0.1) is 25.5 Å². The van der Waals surface area contributed by atoms with Crippen LogP contribution in [0.15, 0.2) is 36.5 Å². The van der Waals surface area contributed by atoms with Gasteiger partial charge in [-0.05, 0) is 49.7 Å². The molecule has 0 bridgehead atoms.